The molecule has 2 fully saturated rings. The summed E-state index contributed by atoms with van der Waals surface area (Å²) in [6.07, 6.45) is -2.21. The van der Waals surface area contributed by atoms with E-state index in [4.69, 9.17) is 0 Å². The maximum atomic E-state index is 12.4. The third-order valence-corrected chi connectivity index (χ3v) is 3.51. The van der Waals surface area contributed by atoms with Crippen LogP contribution >= 0.6 is 0 Å². The molecule has 4 heteroatoms. The Labute approximate surface area is 74.9 Å². The highest BCUT2D eigenvalue weighted by molar-refractivity contribution is 5.09. The zero-order valence-electron chi connectivity index (χ0n) is 7.49. The van der Waals surface area contributed by atoms with Crippen LogP contribution in [0.15, 0.2) is 0 Å². The van der Waals surface area contributed by atoms with Crippen molar-refractivity contribution < 1.29 is 18.3 Å². The van der Waals surface area contributed by atoms with Gasteiger partial charge in [0.25, 0.3) is 0 Å². The number of halogens is 3. The molecule has 0 saturated heterocycles. The molecule has 76 valence electrons. The van der Waals surface area contributed by atoms with Crippen LogP contribution in [0.1, 0.15) is 32.6 Å². The summed E-state index contributed by atoms with van der Waals surface area (Å²) in [5.74, 6) is -0.347. The Morgan fingerprint density at radius 3 is 2.23 bits per heavy atom. The fraction of sp³-hybridized carbons (Fsp3) is 1.00. The monoisotopic (exact) mass is 194 g/mol. The van der Waals surface area contributed by atoms with Crippen LogP contribution in [0.25, 0.3) is 0 Å². The minimum absolute atomic E-state index is 0.193. The summed E-state index contributed by atoms with van der Waals surface area (Å²) in [7, 11) is 0. The van der Waals surface area contributed by atoms with E-state index in [2.05, 4.69) is 0 Å². The number of alkyl halides is 3. The Morgan fingerprint density at radius 2 is 1.92 bits per heavy atom. The summed E-state index contributed by atoms with van der Waals surface area (Å²) >= 11 is 0. The van der Waals surface area contributed by atoms with E-state index in [1.165, 1.54) is 6.92 Å². The van der Waals surface area contributed by atoms with Gasteiger partial charge in [0.15, 0.2) is 0 Å². The van der Waals surface area contributed by atoms with Gasteiger partial charge in [-0.1, -0.05) is 6.92 Å². The van der Waals surface area contributed by atoms with Gasteiger partial charge in [0, 0.05) is 0 Å². The fourth-order valence-corrected chi connectivity index (χ4v) is 1.90. The number of hydrogen-bond donors (Lipinski definition) is 1. The molecule has 1 N–H and O–H groups in total. The lowest BCUT2D eigenvalue weighted by molar-refractivity contribution is -0.187. The van der Waals surface area contributed by atoms with E-state index >= 15 is 0 Å². The van der Waals surface area contributed by atoms with Crippen molar-refractivity contribution in [3.8, 4) is 0 Å². The minimum atomic E-state index is -4.09. The molecule has 2 aliphatic rings. The Kier molecular flexibility index (Phi) is 1.59. The van der Waals surface area contributed by atoms with Gasteiger partial charge in [-0.2, -0.15) is 13.2 Å². The smallest absolute Gasteiger partial charge is 0.390 e. The lowest BCUT2D eigenvalue weighted by atomic mass is 10.0. The minimum Gasteiger partial charge on any atom is -0.390 e. The maximum absolute atomic E-state index is 12.4. The van der Waals surface area contributed by atoms with Gasteiger partial charge in [-0.15, -0.1) is 0 Å². The zero-order chi connectivity index (χ0) is 9.91. The molecule has 2 aliphatic carbocycles. The fourth-order valence-electron chi connectivity index (χ4n) is 1.90. The Balaban J connectivity index is 1.94. The molecule has 0 aliphatic heterocycles. The number of rotatable bonds is 2. The van der Waals surface area contributed by atoms with Crippen LogP contribution in [0.2, 0.25) is 0 Å². The third kappa shape index (κ3) is 1.45. The van der Waals surface area contributed by atoms with E-state index in [-0.39, 0.29) is 12.3 Å². The quantitative estimate of drug-likeness (QED) is 0.716. The largest absolute Gasteiger partial charge is 0.394 e. The van der Waals surface area contributed by atoms with E-state index in [1.807, 2.05) is 0 Å². The second-order valence-corrected chi connectivity index (χ2v) is 4.74. The van der Waals surface area contributed by atoms with Crippen LogP contribution in [0.3, 0.4) is 0 Å². The molecule has 0 bridgehead atoms. The van der Waals surface area contributed by atoms with Crippen LogP contribution in [0.4, 0.5) is 13.2 Å². The van der Waals surface area contributed by atoms with Crippen molar-refractivity contribution in [2.45, 2.75) is 44.4 Å². The van der Waals surface area contributed by atoms with Crippen LogP contribution in [0.5, 0.6) is 0 Å². The molecule has 0 heterocycles. The molecule has 0 aromatic rings. The van der Waals surface area contributed by atoms with E-state index in [9.17, 15) is 18.3 Å². The molecule has 0 amide bonds. The van der Waals surface area contributed by atoms with Crippen molar-refractivity contribution in [3.05, 3.63) is 0 Å². The van der Waals surface area contributed by atoms with Gasteiger partial charge in [0.05, 0.1) is 11.0 Å². The van der Waals surface area contributed by atoms with E-state index < -0.39 is 17.2 Å². The van der Waals surface area contributed by atoms with Crippen molar-refractivity contribution in [1.29, 1.82) is 0 Å². The van der Waals surface area contributed by atoms with Gasteiger partial charge in [-0.05, 0) is 31.6 Å². The SMILES string of the molecule is CC1(C(F)(F)F)CC1CC1(O)CC1. The van der Waals surface area contributed by atoms with Crippen molar-refractivity contribution in [2.75, 3.05) is 0 Å². The summed E-state index contributed by atoms with van der Waals surface area (Å²) in [5.41, 5.74) is -2.25. The molecule has 0 radical (unpaired) electrons. The second-order valence-electron chi connectivity index (χ2n) is 4.74. The first kappa shape index (κ1) is 9.31. The lowest BCUT2D eigenvalue weighted by Gasteiger charge is -2.16. The topological polar surface area (TPSA) is 20.2 Å². The Bertz CT molecular complexity index is 232. The van der Waals surface area contributed by atoms with E-state index in [0.29, 0.717) is 19.3 Å². The van der Waals surface area contributed by atoms with E-state index in [0.717, 1.165) is 0 Å². The van der Waals surface area contributed by atoms with Gasteiger partial charge in [-0.3, -0.25) is 0 Å². The van der Waals surface area contributed by atoms with Crippen molar-refractivity contribution in [2.24, 2.45) is 11.3 Å². The molecule has 13 heavy (non-hydrogen) atoms. The predicted molar refractivity (Wildman–Crippen MR) is 41.1 cm³/mol. The highest BCUT2D eigenvalue weighted by Gasteiger charge is 2.68. The molecule has 2 unspecified atom stereocenters. The molecule has 2 atom stereocenters. The third-order valence-electron chi connectivity index (χ3n) is 3.51. The summed E-state index contributed by atoms with van der Waals surface area (Å²) < 4.78 is 37.2. The molecule has 0 aromatic heterocycles. The van der Waals surface area contributed by atoms with Gasteiger partial charge in [-0.25, -0.2) is 0 Å². The predicted octanol–water partition coefficient (Wildman–Crippen LogP) is 2.49. The maximum Gasteiger partial charge on any atom is 0.394 e. The lowest BCUT2D eigenvalue weighted by Crippen LogP contribution is -2.24. The molecule has 0 spiro atoms. The summed E-state index contributed by atoms with van der Waals surface area (Å²) in [6.45, 7) is 1.25. The molecule has 0 aromatic carbocycles. The molecular weight excluding hydrogens is 181 g/mol. The van der Waals surface area contributed by atoms with Crippen molar-refractivity contribution >= 4 is 0 Å². The zero-order valence-corrected chi connectivity index (χ0v) is 7.49. The summed E-state index contributed by atoms with van der Waals surface area (Å²) in [5, 5.41) is 9.47. The molecule has 2 saturated carbocycles. The highest BCUT2D eigenvalue weighted by atomic mass is 19.4. The Morgan fingerprint density at radius 1 is 1.38 bits per heavy atom. The van der Waals surface area contributed by atoms with Crippen LogP contribution < -0.4 is 0 Å². The van der Waals surface area contributed by atoms with Gasteiger partial charge in [0.2, 0.25) is 0 Å². The van der Waals surface area contributed by atoms with E-state index in [1.54, 1.807) is 0 Å². The average Bonchev–Trinajstić information content (AvgIpc) is 2.76. The highest BCUT2D eigenvalue weighted by Crippen LogP contribution is 2.66. The summed E-state index contributed by atoms with van der Waals surface area (Å²) in [6, 6.07) is 0. The van der Waals surface area contributed by atoms with Crippen LogP contribution in [-0.2, 0) is 0 Å². The number of aliphatic hydroxyl groups is 1. The van der Waals surface area contributed by atoms with Crippen molar-refractivity contribution in [1.82, 2.24) is 0 Å². The first-order valence-electron chi connectivity index (χ1n) is 4.56. The van der Waals surface area contributed by atoms with Crippen molar-refractivity contribution in [3.63, 3.8) is 0 Å². The normalized spacial score (nSPS) is 41.8. The molecule has 1 nitrogen and oxygen atoms in total. The average molecular weight is 194 g/mol. The van der Waals surface area contributed by atoms with Gasteiger partial charge >= 0.3 is 6.18 Å². The van der Waals surface area contributed by atoms with Gasteiger partial charge in [0.1, 0.15) is 0 Å². The first-order valence-corrected chi connectivity index (χ1v) is 4.56. The second kappa shape index (κ2) is 2.22. The van der Waals surface area contributed by atoms with Crippen LogP contribution in [0, 0.1) is 11.3 Å². The molecule has 2 rings (SSSR count). The van der Waals surface area contributed by atoms with Gasteiger partial charge < -0.3 is 5.11 Å². The first-order chi connectivity index (χ1) is 5.77. The molecular formula is C9H13F3O. The number of hydrogen-bond acceptors (Lipinski definition) is 1. The summed E-state index contributed by atoms with van der Waals surface area (Å²) in [4.78, 5) is 0. The standard InChI is InChI=1S/C9H13F3O/c1-7(9(10,11)12)4-6(7)5-8(13)2-3-8/h6,13H,2-5H2,1H3. The Hall–Kier alpha value is -0.250. The van der Waals surface area contributed by atoms with Crippen LogP contribution in [-0.4, -0.2) is 16.9 Å².